The molecule has 4 rings (SSSR count). The van der Waals surface area contributed by atoms with Gasteiger partial charge in [-0.25, -0.2) is 9.37 Å². The summed E-state index contributed by atoms with van der Waals surface area (Å²) in [5.41, 5.74) is 0.972. The smallest absolute Gasteiger partial charge is 0.225 e. The molecule has 3 aromatic rings. The standard InChI is InChI=1S/C20H21FN4O2S/c21-16-7-5-14(6-8-16)11-18-23-20(28-24-18)25-9-1-3-15(13-25)19(26)22-12-17-4-2-10-27-17/h2,4-8,10,15H,1,3,9,11-13H2,(H,22,26). The lowest BCUT2D eigenvalue weighted by Crippen LogP contribution is -2.42. The lowest BCUT2D eigenvalue weighted by atomic mass is 9.97. The third kappa shape index (κ3) is 4.56. The van der Waals surface area contributed by atoms with Crippen molar-refractivity contribution in [1.82, 2.24) is 14.7 Å². The average molecular weight is 400 g/mol. The highest BCUT2D eigenvalue weighted by atomic mass is 32.1. The van der Waals surface area contributed by atoms with Crippen LogP contribution < -0.4 is 10.2 Å². The molecule has 1 fully saturated rings. The quantitative estimate of drug-likeness (QED) is 0.687. The molecule has 146 valence electrons. The zero-order chi connectivity index (χ0) is 19.3. The summed E-state index contributed by atoms with van der Waals surface area (Å²) in [5.74, 6) is 1.18. The molecule has 0 radical (unpaired) electrons. The summed E-state index contributed by atoms with van der Waals surface area (Å²) >= 11 is 1.35. The van der Waals surface area contributed by atoms with E-state index >= 15 is 0 Å². The maximum absolute atomic E-state index is 13.0. The molecular weight excluding hydrogens is 379 g/mol. The normalized spacial score (nSPS) is 16.9. The van der Waals surface area contributed by atoms with Crippen molar-refractivity contribution in [2.75, 3.05) is 18.0 Å². The van der Waals surface area contributed by atoms with Gasteiger partial charge in [-0.2, -0.15) is 4.37 Å². The number of nitrogens with zero attached hydrogens (tertiary/aromatic N) is 3. The van der Waals surface area contributed by atoms with Crippen LogP contribution in [0.3, 0.4) is 0 Å². The molecule has 28 heavy (non-hydrogen) atoms. The highest BCUT2D eigenvalue weighted by Gasteiger charge is 2.27. The number of carbonyl (C=O) groups excluding carboxylic acids is 1. The van der Waals surface area contributed by atoms with Gasteiger partial charge in [0.25, 0.3) is 0 Å². The first-order chi connectivity index (χ1) is 13.7. The number of nitrogens with one attached hydrogen (secondary N) is 1. The molecule has 0 bridgehead atoms. The van der Waals surface area contributed by atoms with E-state index in [2.05, 4.69) is 19.6 Å². The van der Waals surface area contributed by atoms with Crippen LogP contribution in [-0.2, 0) is 17.8 Å². The van der Waals surface area contributed by atoms with Crippen LogP contribution in [0.25, 0.3) is 0 Å². The van der Waals surface area contributed by atoms with Crippen LogP contribution in [0.1, 0.15) is 30.0 Å². The molecule has 1 amide bonds. The maximum Gasteiger partial charge on any atom is 0.225 e. The van der Waals surface area contributed by atoms with E-state index in [9.17, 15) is 9.18 Å². The van der Waals surface area contributed by atoms with Crippen LogP contribution in [0.2, 0.25) is 0 Å². The number of carbonyl (C=O) groups is 1. The Morgan fingerprint density at radius 3 is 2.96 bits per heavy atom. The van der Waals surface area contributed by atoms with Gasteiger partial charge < -0.3 is 14.6 Å². The fraction of sp³-hybridized carbons (Fsp3) is 0.350. The zero-order valence-electron chi connectivity index (χ0n) is 15.3. The molecule has 1 N–H and O–H groups in total. The summed E-state index contributed by atoms with van der Waals surface area (Å²) in [6, 6.07) is 10.0. The van der Waals surface area contributed by atoms with Crippen molar-refractivity contribution in [2.45, 2.75) is 25.8 Å². The molecule has 1 unspecified atom stereocenters. The molecule has 3 heterocycles. The van der Waals surface area contributed by atoms with Gasteiger partial charge in [-0.15, -0.1) is 0 Å². The van der Waals surface area contributed by atoms with E-state index in [0.717, 1.165) is 41.7 Å². The SMILES string of the molecule is O=C(NCc1ccco1)C1CCCN(c2nc(Cc3ccc(F)cc3)ns2)C1. The third-order valence-corrected chi connectivity index (χ3v) is 5.63. The molecular formula is C20H21FN4O2S. The van der Waals surface area contributed by atoms with Crippen LogP contribution in [0, 0.1) is 11.7 Å². The predicted molar refractivity (Wildman–Crippen MR) is 105 cm³/mol. The van der Waals surface area contributed by atoms with Crippen molar-refractivity contribution in [3.05, 3.63) is 65.6 Å². The number of aromatic nitrogens is 2. The molecule has 6 nitrogen and oxygen atoms in total. The molecule has 2 aromatic heterocycles. The van der Waals surface area contributed by atoms with Crippen LogP contribution in [0.15, 0.2) is 47.1 Å². The Hall–Kier alpha value is -2.74. The zero-order valence-corrected chi connectivity index (χ0v) is 16.1. The molecule has 1 aliphatic rings. The molecule has 1 aromatic carbocycles. The van der Waals surface area contributed by atoms with E-state index in [4.69, 9.17) is 4.42 Å². The second-order valence-corrected chi connectivity index (χ2v) is 7.61. The number of hydrogen-bond donors (Lipinski definition) is 1. The summed E-state index contributed by atoms with van der Waals surface area (Å²) in [7, 11) is 0. The number of benzene rings is 1. The lowest BCUT2D eigenvalue weighted by molar-refractivity contribution is -0.125. The summed E-state index contributed by atoms with van der Waals surface area (Å²) in [4.78, 5) is 19.3. The minimum absolute atomic E-state index is 0.0390. The van der Waals surface area contributed by atoms with E-state index in [1.54, 1.807) is 18.4 Å². The molecule has 1 saturated heterocycles. The Kier molecular flexibility index (Phi) is 5.66. The summed E-state index contributed by atoms with van der Waals surface area (Å²) in [6.45, 7) is 1.91. The second kappa shape index (κ2) is 8.52. The number of rotatable bonds is 6. The van der Waals surface area contributed by atoms with Gasteiger partial charge in [-0.1, -0.05) is 12.1 Å². The van der Waals surface area contributed by atoms with E-state index in [-0.39, 0.29) is 17.6 Å². The van der Waals surface area contributed by atoms with Crippen molar-refractivity contribution in [3.8, 4) is 0 Å². The number of piperidine rings is 1. The van der Waals surface area contributed by atoms with Gasteiger partial charge in [0.15, 0.2) is 0 Å². The molecule has 0 aliphatic carbocycles. The first kappa shape index (κ1) is 18.6. The Labute approximate surface area is 166 Å². The van der Waals surface area contributed by atoms with Crippen molar-refractivity contribution < 1.29 is 13.6 Å². The van der Waals surface area contributed by atoms with E-state index in [1.165, 1.54) is 23.7 Å². The molecule has 1 atom stereocenters. The summed E-state index contributed by atoms with van der Waals surface area (Å²) < 4.78 is 22.7. The monoisotopic (exact) mass is 400 g/mol. The van der Waals surface area contributed by atoms with Crippen molar-refractivity contribution in [2.24, 2.45) is 5.92 Å². The highest BCUT2D eigenvalue weighted by molar-refractivity contribution is 7.09. The fourth-order valence-corrected chi connectivity index (χ4v) is 4.05. The number of amides is 1. The van der Waals surface area contributed by atoms with Crippen molar-refractivity contribution in [1.29, 1.82) is 0 Å². The molecule has 8 heteroatoms. The Balaban J connectivity index is 1.34. The van der Waals surface area contributed by atoms with Crippen LogP contribution in [0.5, 0.6) is 0 Å². The van der Waals surface area contributed by atoms with Gasteiger partial charge in [0.1, 0.15) is 17.4 Å². The minimum Gasteiger partial charge on any atom is -0.467 e. The van der Waals surface area contributed by atoms with Crippen LogP contribution in [0.4, 0.5) is 9.52 Å². The second-order valence-electron chi connectivity index (χ2n) is 6.88. The Morgan fingerprint density at radius 2 is 2.18 bits per heavy atom. The predicted octanol–water partition coefficient (Wildman–Crippen LogP) is 3.39. The topological polar surface area (TPSA) is 71.3 Å². The number of anilines is 1. The van der Waals surface area contributed by atoms with Gasteiger partial charge in [-0.3, -0.25) is 4.79 Å². The number of halogens is 1. The minimum atomic E-state index is -0.250. The van der Waals surface area contributed by atoms with E-state index < -0.39 is 0 Å². The van der Waals surface area contributed by atoms with E-state index in [0.29, 0.717) is 19.5 Å². The van der Waals surface area contributed by atoms with Gasteiger partial charge in [0.05, 0.1) is 18.7 Å². The molecule has 0 saturated carbocycles. The van der Waals surface area contributed by atoms with E-state index in [1.807, 2.05) is 12.1 Å². The van der Waals surface area contributed by atoms with Crippen LogP contribution >= 0.6 is 11.5 Å². The Bertz CT molecular complexity index is 911. The Morgan fingerprint density at radius 1 is 1.32 bits per heavy atom. The molecule has 0 spiro atoms. The lowest BCUT2D eigenvalue weighted by Gasteiger charge is -2.31. The summed E-state index contributed by atoms with van der Waals surface area (Å²) in [5, 5.41) is 3.78. The summed E-state index contributed by atoms with van der Waals surface area (Å²) in [6.07, 6.45) is 3.97. The molecule has 1 aliphatic heterocycles. The highest BCUT2D eigenvalue weighted by Crippen LogP contribution is 2.25. The number of furan rings is 1. The van der Waals surface area contributed by atoms with Gasteiger partial charge in [0.2, 0.25) is 11.0 Å². The third-order valence-electron chi connectivity index (χ3n) is 4.81. The number of hydrogen-bond acceptors (Lipinski definition) is 6. The van der Waals surface area contributed by atoms with Crippen LogP contribution in [-0.4, -0.2) is 28.4 Å². The first-order valence-corrected chi connectivity index (χ1v) is 10.1. The van der Waals surface area contributed by atoms with Gasteiger partial charge in [0, 0.05) is 31.0 Å². The van der Waals surface area contributed by atoms with Gasteiger partial charge in [-0.05, 0) is 42.7 Å². The fourth-order valence-electron chi connectivity index (χ4n) is 3.33. The van der Waals surface area contributed by atoms with Gasteiger partial charge >= 0.3 is 0 Å². The largest absolute Gasteiger partial charge is 0.467 e. The van der Waals surface area contributed by atoms with Crippen molar-refractivity contribution in [3.63, 3.8) is 0 Å². The first-order valence-electron chi connectivity index (χ1n) is 9.29. The average Bonchev–Trinajstić information content (AvgIpc) is 3.40. The van der Waals surface area contributed by atoms with Crippen molar-refractivity contribution >= 4 is 22.6 Å². The maximum atomic E-state index is 13.0.